The van der Waals surface area contributed by atoms with Gasteiger partial charge in [-0.3, -0.25) is 4.79 Å². The number of halogens is 3. The van der Waals surface area contributed by atoms with E-state index in [2.05, 4.69) is 25.0 Å². The van der Waals surface area contributed by atoms with Gasteiger partial charge >= 0.3 is 0 Å². The summed E-state index contributed by atoms with van der Waals surface area (Å²) in [5.41, 5.74) is -0.421. The molecule has 0 fully saturated rings. The molecule has 0 aliphatic rings. The van der Waals surface area contributed by atoms with Gasteiger partial charge in [0.15, 0.2) is 5.82 Å². The van der Waals surface area contributed by atoms with Gasteiger partial charge in [0.1, 0.15) is 29.4 Å². The largest absolute Gasteiger partial charge is 0.367 e. The molecule has 2 aromatic carbocycles. The van der Waals surface area contributed by atoms with Crippen LogP contribution in [0.15, 0.2) is 53.8 Å². The van der Waals surface area contributed by atoms with Crippen molar-refractivity contribution in [2.45, 2.75) is 24.8 Å². The third kappa shape index (κ3) is 4.26. The smallest absolute Gasteiger partial charge is 0.201 e. The topological polar surface area (TPSA) is 82.7 Å². The predicted octanol–water partition coefficient (Wildman–Crippen LogP) is 5.55. The van der Waals surface area contributed by atoms with E-state index in [0.29, 0.717) is 21.7 Å². The molecular formula is C22H18F3N5OS. The molecular weight excluding hydrogens is 439 g/mol. The zero-order valence-electron chi connectivity index (χ0n) is 17.0. The molecule has 0 amide bonds. The van der Waals surface area contributed by atoms with E-state index in [1.807, 2.05) is 13.8 Å². The van der Waals surface area contributed by atoms with Crippen molar-refractivity contribution in [1.82, 2.24) is 15.0 Å². The van der Waals surface area contributed by atoms with Gasteiger partial charge in [-0.1, -0.05) is 6.07 Å². The van der Waals surface area contributed by atoms with Crippen molar-refractivity contribution < 1.29 is 18.0 Å². The number of aromatic nitrogens is 3. The molecule has 4 aromatic rings. The predicted molar refractivity (Wildman–Crippen MR) is 118 cm³/mol. The maximum absolute atomic E-state index is 15.2. The maximum Gasteiger partial charge on any atom is 0.201 e. The number of H-pyrrole nitrogens is 1. The van der Waals surface area contributed by atoms with Crippen LogP contribution in [0, 0.1) is 17.5 Å². The van der Waals surface area contributed by atoms with Crippen LogP contribution in [-0.2, 0) is 0 Å². The zero-order valence-corrected chi connectivity index (χ0v) is 17.9. The number of fused-ring (bicyclic) bond motifs is 1. The highest BCUT2D eigenvalue weighted by atomic mass is 32.2. The molecule has 4 rings (SSSR count). The van der Waals surface area contributed by atoms with Gasteiger partial charge in [-0.05, 0) is 56.1 Å². The van der Waals surface area contributed by atoms with Crippen LogP contribution in [-0.4, -0.2) is 26.8 Å². The van der Waals surface area contributed by atoms with Gasteiger partial charge in [0, 0.05) is 17.1 Å². The number of anilines is 2. The number of carbonyl (C=O) groups is 1. The van der Waals surface area contributed by atoms with Gasteiger partial charge < -0.3 is 15.0 Å². The number of hydrogen-bond donors (Lipinski definition) is 3. The quantitative estimate of drug-likeness (QED) is 0.250. The van der Waals surface area contributed by atoms with Crippen LogP contribution < -0.4 is 10.0 Å². The molecule has 0 radical (unpaired) electrons. The summed E-state index contributed by atoms with van der Waals surface area (Å²) in [7, 11) is 0. The lowest BCUT2D eigenvalue weighted by Crippen LogP contribution is -2.13. The number of nitrogens with one attached hydrogen (secondary N) is 3. The Kier molecular flexibility index (Phi) is 6.04. The second-order valence-electron chi connectivity index (χ2n) is 7.22. The summed E-state index contributed by atoms with van der Waals surface area (Å²) in [6.45, 7) is 3.79. The fourth-order valence-corrected chi connectivity index (χ4v) is 3.85. The average molecular weight is 457 g/mol. The Hall–Kier alpha value is -3.53. The Balaban J connectivity index is 1.71. The second kappa shape index (κ2) is 8.91. The number of aromatic amines is 1. The van der Waals surface area contributed by atoms with Gasteiger partial charge in [0.25, 0.3) is 0 Å². The number of benzene rings is 2. The Morgan fingerprint density at radius 1 is 1.12 bits per heavy atom. The maximum atomic E-state index is 15.2. The Bertz CT molecular complexity index is 1310. The highest BCUT2D eigenvalue weighted by Crippen LogP contribution is 2.31. The summed E-state index contributed by atoms with van der Waals surface area (Å²) in [5.74, 6) is -2.97. The van der Waals surface area contributed by atoms with Gasteiger partial charge in [0.05, 0.1) is 22.2 Å². The molecule has 0 spiro atoms. The number of nitrogens with zero attached hydrogens (tertiary/aromatic N) is 2. The lowest BCUT2D eigenvalue weighted by molar-refractivity contribution is 0.103. The summed E-state index contributed by atoms with van der Waals surface area (Å²) in [6.07, 6.45) is 2.68. The standard InChI is InChI=1S/C22H18F3N5OS/c1-11(2)29-22-17-14(9-26-21(17)27-10-28-22)20(31)18-15(24)6-7-16(19(18)25)30-32-13-5-3-4-12(23)8-13/h3-11,30H,1-2H3,(H2,26,27,28,29). The van der Waals surface area contributed by atoms with E-state index in [9.17, 15) is 13.6 Å². The molecule has 3 N–H and O–H groups in total. The minimum Gasteiger partial charge on any atom is -0.367 e. The first-order valence-electron chi connectivity index (χ1n) is 9.65. The summed E-state index contributed by atoms with van der Waals surface area (Å²) in [5, 5.41) is 3.45. The fraction of sp³-hybridized carbons (Fsp3) is 0.136. The fourth-order valence-electron chi connectivity index (χ4n) is 3.14. The molecule has 0 saturated carbocycles. The Morgan fingerprint density at radius 2 is 1.94 bits per heavy atom. The molecule has 2 aromatic heterocycles. The molecule has 0 unspecified atom stereocenters. The summed E-state index contributed by atoms with van der Waals surface area (Å²) in [6, 6.07) is 7.88. The van der Waals surface area contributed by atoms with Crippen molar-refractivity contribution in [2.75, 3.05) is 10.0 Å². The highest BCUT2D eigenvalue weighted by Gasteiger charge is 2.26. The number of carbonyl (C=O) groups excluding carboxylic acids is 1. The average Bonchev–Trinajstić information content (AvgIpc) is 3.18. The third-order valence-corrected chi connectivity index (χ3v) is 5.34. The number of rotatable bonds is 7. The highest BCUT2D eigenvalue weighted by molar-refractivity contribution is 8.00. The Labute approximate surface area is 185 Å². The van der Waals surface area contributed by atoms with E-state index in [4.69, 9.17) is 0 Å². The van der Waals surface area contributed by atoms with Crippen molar-refractivity contribution in [3.63, 3.8) is 0 Å². The van der Waals surface area contributed by atoms with Gasteiger partial charge in [-0.15, -0.1) is 0 Å². The van der Waals surface area contributed by atoms with Crippen molar-refractivity contribution in [1.29, 1.82) is 0 Å². The SMILES string of the molecule is CC(C)Nc1ncnc2[nH]cc(C(=O)c3c(F)ccc(NSc4cccc(F)c4)c3F)c12. The molecule has 164 valence electrons. The first-order chi connectivity index (χ1) is 15.3. The monoisotopic (exact) mass is 457 g/mol. The second-order valence-corrected chi connectivity index (χ2v) is 8.10. The van der Waals surface area contributed by atoms with Crippen molar-refractivity contribution in [3.05, 3.63) is 77.5 Å². The summed E-state index contributed by atoms with van der Waals surface area (Å²) < 4.78 is 45.9. The van der Waals surface area contributed by atoms with E-state index < -0.39 is 28.8 Å². The van der Waals surface area contributed by atoms with Crippen LogP contribution in [0.2, 0.25) is 0 Å². The van der Waals surface area contributed by atoms with E-state index in [0.717, 1.165) is 18.0 Å². The van der Waals surface area contributed by atoms with Crippen LogP contribution in [0.3, 0.4) is 0 Å². The molecule has 0 bridgehead atoms. The van der Waals surface area contributed by atoms with E-state index in [1.165, 1.54) is 36.8 Å². The van der Waals surface area contributed by atoms with Crippen LogP contribution in [0.4, 0.5) is 24.7 Å². The number of ketones is 1. The molecule has 2 heterocycles. The molecule has 0 atom stereocenters. The molecule has 32 heavy (non-hydrogen) atoms. The number of hydrogen-bond acceptors (Lipinski definition) is 6. The van der Waals surface area contributed by atoms with Crippen LogP contribution in [0.5, 0.6) is 0 Å². The molecule has 6 nitrogen and oxygen atoms in total. The third-order valence-electron chi connectivity index (χ3n) is 4.53. The molecule has 0 aliphatic carbocycles. The van der Waals surface area contributed by atoms with Gasteiger partial charge in [0.2, 0.25) is 5.78 Å². The van der Waals surface area contributed by atoms with Crippen molar-refractivity contribution in [3.8, 4) is 0 Å². The molecule has 0 aliphatic heterocycles. The first kappa shape index (κ1) is 21.7. The van der Waals surface area contributed by atoms with Crippen LogP contribution in [0.25, 0.3) is 11.0 Å². The summed E-state index contributed by atoms with van der Waals surface area (Å²) in [4.78, 5) is 24.8. The van der Waals surface area contributed by atoms with Gasteiger partial charge in [-0.2, -0.15) is 0 Å². The van der Waals surface area contributed by atoms with Crippen molar-refractivity contribution in [2.24, 2.45) is 0 Å². The normalized spacial score (nSPS) is 11.2. The minimum absolute atomic E-state index is 0.00630. The van der Waals surface area contributed by atoms with Crippen LogP contribution in [0.1, 0.15) is 29.8 Å². The van der Waals surface area contributed by atoms with E-state index in [1.54, 1.807) is 6.07 Å². The lowest BCUT2D eigenvalue weighted by atomic mass is 10.0. The van der Waals surface area contributed by atoms with E-state index >= 15 is 4.39 Å². The minimum atomic E-state index is -1.05. The van der Waals surface area contributed by atoms with Gasteiger partial charge in [-0.25, -0.2) is 23.1 Å². The summed E-state index contributed by atoms with van der Waals surface area (Å²) >= 11 is 0.938. The lowest BCUT2D eigenvalue weighted by Gasteiger charge is -2.12. The van der Waals surface area contributed by atoms with Crippen LogP contribution >= 0.6 is 11.9 Å². The first-order valence-corrected chi connectivity index (χ1v) is 10.5. The van der Waals surface area contributed by atoms with E-state index in [-0.39, 0.29) is 17.3 Å². The Morgan fingerprint density at radius 3 is 2.69 bits per heavy atom. The van der Waals surface area contributed by atoms with Crippen molar-refractivity contribution >= 4 is 40.3 Å². The zero-order chi connectivity index (χ0) is 22.8. The molecule has 0 saturated heterocycles. The molecule has 10 heteroatoms.